The van der Waals surface area contributed by atoms with Gasteiger partial charge in [0.1, 0.15) is 6.61 Å². The van der Waals surface area contributed by atoms with Crippen LogP contribution < -0.4 is 10.6 Å². The van der Waals surface area contributed by atoms with Crippen LogP contribution in [0.3, 0.4) is 0 Å². The average molecular weight is 617 g/mol. The fourth-order valence-electron chi connectivity index (χ4n) is 6.19. The first-order chi connectivity index (χ1) is 21.9. The summed E-state index contributed by atoms with van der Waals surface area (Å²) in [4.78, 5) is 39.9. The molecule has 1 aliphatic rings. The Balaban J connectivity index is 1.63. The zero-order valence-electron chi connectivity index (χ0n) is 26.7. The minimum absolute atomic E-state index is 0.0280. The molecular weight excluding hydrogens is 564 g/mol. The number of allylic oxidation sites excluding steroid dienone is 2. The quantitative estimate of drug-likeness (QED) is 0.123. The lowest BCUT2D eigenvalue weighted by Gasteiger charge is -2.29. The van der Waals surface area contributed by atoms with Gasteiger partial charge in [-0.2, -0.15) is 0 Å². The first-order valence-corrected chi connectivity index (χ1v) is 16.6. The predicted octanol–water partition coefficient (Wildman–Crippen LogP) is 6.11. The number of nitrogens with one attached hydrogen (secondary N) is 2. The summed E-state index contributed by atoms with van der Waals surface area (Å²) in [7, 11) is 0. The van der Waals surface area contributed by atoms with Crippen molar-refractivity contribution in [3.8, 4) is 0 Å². The van der Waals surface area contributed by atoms with E-state index in [9.17, 15) is 19.5 Å². The van der Waals surface area contributed by atoms with E-state index in [2.05, 4.69) is 23.8 Å². The number of aliphatic hydroxyl groups is 1. The van der Waals surface area contributed by atoms with Crippen LogP contribution >= 0.6 is 0 Å². The third kappa shape index (κ3) is 13.4. The van der Waals surface area contributed by atoms with Crippen LogP contribution in [0.5, 0.6) is 0 Å². The lowest BCUT2D eigenvalue weighted by Crippen LogP contribution is -2.45. The topological polar surface area (TPSA) is 105 Å². The highest BCUT2D eigenvalue weighted by atomic mass is 16.5. The van der Waals surface area contributed by atoms with Crippen molar-refractivity contribution in [2.24, 2.45) is 17.8 Å². The molecule has 0 unspecified atom stereocenters. The number of hydrogen-bond acceptors (Lipinski definition) is 5. The maximum Gasteiger partial charge on any atom is 0.309 e. The van der Waals surface area contributed by atoms with Crippen LogP contribution in [-0.2, 0) is 32.0 Å². The van der Waals surface area contributed by atoms with Crippen molar-refractivity contribution in [3.05, 3.63) is 97.1 Å². The number of carbonyl (C=O) groups is 3. The van der Waals surface area contributed by atoms with Gasteiger partial charge in [0.05, 0.1) is 30.5 Å². The van der Waals surface area contributed by atoms with Crippen LogP contribution in [-0.4, -0.2) is 48.2 Å². The van der Waals surface area contributed by atoms with E-state index in [-0.39, 0.29) is 49.4 Å². The van der Waals surface area contributed by atoms with Gasteiger partial charge in [-0.1, -0.05) is 105 Å². The van der Waals surface area contributed by atoms with Gasteiger partial charge >= 0.3 is 5.97 Å². The molecule has 0 aromatic heterocycles. The van der Waals surface area contributed by atoms with E-state index in [0.29, 0.717) is 38.0 Å². The van der Waals surface area contributed by atoms with Gasteiger partial charge in [0.25, 0.3) is 0 Å². The van der Waals surface area contributed by atoms with Crippen molar-refractivity contribution in [2.75, 3.05) is 13.2 Å². The van der Waals surface area contributed by atoms with Gasteiger partial charge in [0.15, 0.2) is 0 Å². The van der Waals surface area contributed by atoms with Crippen molar-refractivity contribution < 1.29 is 24.2 Å². The largest absolute Gasteiger partial charge is 0.463 e. The van der Waals surface area contributed by atoms with Crippen LogP contribution in [0.4, 0.5) is 0 Å². The van der Waals surface area contributed by atoms with Crippen molar-refractivity contribution >= 4 is 17.8 Å². The van der Waals surface area contributed by atoms with Gasteiger partial charge in [0, 0.05) is 6.42 Å². The summed E-state index contributed by atoms with van der Waals surface area (Å²) < 4.78 is 5.91. The zero-order chi connectivity index (χ0) is 32.3. The SMILES string of the molecule is C=CCC[C@H](Cc1ccccc1)C(=O)OC[C@H](CC1CCCCC1)NC(=O)[C@H](CC=C)CC(=O)N[C@@H](CO)Cc1ccccc1. The number of aliphatic hydroxyl groups excluding tert-OH is 1. The Morgan fingerprint density at radius 1 is 0.844 bits per heavy atom. The fraction of sp³-hybridized carbons (Fsp3) is 0.500. The summed E-state index contributed by atoms with van der Waals surface area (Å²) in [5.41, 5.74) is 2.08. The molecule has 45 heavy (non-hydrogen) atoms. The van der Waals surface area contributed by atoms with Crippen LogP contribution in [0.25, 0.3) is 0 Å². The first kappa shape index (κ1) is 35.8. The van der Waals surface area contributed by atoms with Gasteiger partial charge in [-0.15, -0.1) is 13.2 Å². The molecule has 3 rings (SSSR count). The highest BCUT2D eigenvalue weighted by Crippen LogP contribution is 2.28. The van der Waals surface area contributed by atoms with Crippen LogP contribution in [0.2, 0.25) is 0 Å². The molecule has 0 spiro atoms. The van der Waals surface area contributed by atoms with Crippen molar-refractivity contribution in [1.82, 2.24) is 10.6 Å². The Kier molecular flexibility index (Phi) is 16.2. The summed E-state index contributed by atoms with van der Waals surface area (Å²) in [6.45, 7) is 7.51. The lowest BCUT2D eigenvalue weighted by atomic mass is 9.84. The molecule has 2 aromatic rings. The van der Waals surface area contributed by atoms with Crippen molar-refractivity contribution in [2.45, 2.75) is 89.1 Å². The second kappa shape index (κ2) is 20.3. The van der Waals surface area contributed by atoms with E-state index in [1.807, 2.05) is 66.7 Å². The number of carbonyl (C=O) groups excluding carboxylic acids is 3. The molecule has 0 radical (unpaired) electrons. The van der Waals surface area contributed by atoms with Gasteiger partial charge in [-0.05, 0) is 55.6 Å². The maximum atomic E-state index is 13.6. The van der Waals surface area contributed by atoms with Crippen molar-refractivity contribution in [1.29, 1.82) is 0 Å². The molecule has 1 fully saturated rings. The molecule has 1 aliphatic carbocycles. The van der Waals surface area contributed by atoms with Crippen LogP contribution in [0.1, 0.15) is 75.3 Å². The van der Waals surface area contributed by atoms with E-state index in [0.717, 1.165) is 30.4 Å². The molecule has 7 heteroatoms. The Labute approximate surface area is 269 Å². The van der Waals surface area contributed by atoms with E-state index < -0.39 is 12.0 Å². The van der Waals surface area contributed by atoms with E-state index in [1.54, 1.807) is 6.08 Å². The Bertz CT molecular complexity index is 1180. The second-order valence-electron chi connectivity index (χ2n) is 12.4. The van der Waals surface area contributed by atoms with Gasteiger partial charge < -0.3 is 20.5 Å². The third-order valence-corrected chi connectivity index (χ3v) is 8.66. The summed E-state index contributed by atoms with van der Waals surface area (Å²) in [6.07, 6.45) is 12.7. The number of ether oxygens (including phenoxy) is 1. The third-order valence-electron chi connectivity index (χ3n) is 8.66. The molecule has 2 amide bonds. The van der Waals surface area contributed by atoms with E-state index in [4.69, 9.17) is 4.74 Å². The molecule has 7 nitrogen and oxygen atoms in total. The molecular formula is C38H52N2O5. The van der Waals surface area contributed by atoms with E-state index >= 15 is 0 Å². The van der Waals surface area contributed by atoms with Gasteiger partial charge in [-0.25, -0.2) is 0 Å². The molecule has 1 saturated carbocycles. The summed E-state index contributed by atoms with van der Waals surface area (Å²) >= 11 is 0. The Morgan fingerprint density at radius 2 is 1.49 bits per heavy atom. The number of rotatable bonds is 20. The predicted molar refractivity (Wildman–Crippen MR) is 179 cm³/mol. The highest BCUT2D eigenvalue weighted by molar-refractivity contribution is 5.86. The summed E-state index contributed by atoms with van der Waals surface area (Å²) in [5, 5.41) is 15.9. The van der Waals surface area contributed by atoms with Gasteiger partial charge in [0.2, 0.25) is 11.8 Å². The maximum absolute atomic E-state index is 13.6. The standard InChI is InChI=1S/C38H52N2O5/c1-3-5-22-33(23-29-16-9-6-10-17-29)38(44)45-28-35(25-31-20-13-8-14-21-31)40-37(43)32(15-4-2)26-36(42)39-34(27-41)24-30-18-11-7-12-19-30/h3-4,6-7,9-12,16-19,31-35,41H,1-2,5,8,13-15,20-28H2,(H,39,42)(H,40,43)/t32-,33-,34-,35+/m1/s1. The number of benzene rings is 2. The molecule has 2 aromatic carbocycles. The van der Waals surface area contributed by atoms with E-state index in [1.165, 1.54) is 19.3 Å². The van der Waals surface area contributed by atoms with Gasteiger partial charge in [-0.3, -0.25) is 14.4 Å². The Morgan fingerprint density at radius 3 is 2.09 bits per heavy atom. The highest BCUT2D eigenvalue weighted by Gasteiger charge is 2.28. The average Bonchev–Trinajstić information content (AvgIpc) is 3.06. The lowest BCUT2D eigenvalue weighted by molar-refractivity contribution is -0.150. The molecule has 3 N–H and O–H groups in total. The first-order valence-electron chi connectivity index (χ1n) is 16.6. The Hall–Kier alpha value is -3.71. The zero-order valence-corrected chi connectivity index (χ0v) is 26.7. The molecule has 0 aliphatic heterocycles. The number of hydrogen-bond donors (Lipinski definition) is 3. The summed E-state index contributed by atoms with van der Waals surface area (Å²) in [6, 6.07) is 18.8. The smallest absolute Gasteiger partial charge is 0.309 e. The molecule has 0 bridgehead atoms. The number of esters is 1. The molecule has 0 saturated heterocycles. The normalized spacial score (nSPS) is 16.0. The van der Waals surface area contributed by atoms with Crippen LogP contribution in [0.15, 0.2) is 86.0 Å². The number of amides is 2. The monoisotopic (exact) mass is 616 g/mol. The minimum atomic E-state index is -0.624. The van der Waals surface area contributed by atoms with Crippen LogP contribution in [0, 0.1) is 17.8 Å². The minimum Gasteiger partial charge on any atom is -0.463 e. The second-order valence-corrected chi connectivity index (χ2v) is 12.4. The van der Waals surface area contributed by atoms with Crippen molar-refractivity contribution in [3.63, 3.8) is 0 Å². The fourth-order valence-corrected chi connectivity index (χ4v) is 6.19. The molecule has 244 valence electrons. The molecule has 0 heterocycles. The summed E-state index contributed by atoms with van der Waals surface area (Å²) in [5.74, 6) is -1.29. The molecule has 4 atom stereocenters.